The Labute approximate surface area is 212 Å². The van der Waals surface area contributed by atoms with Gasteiger partial charge in [-0.15, -0.1) is 10.2 Å². The first-order valence-corrected chi connectivity index (χ1v) is 10.3. The smallest absolute Gasteiger partial charge is 0.255 e. The third kappa shape index (κ3) is 4.79. The van der Waals surface area contributed by atoms with E-state index in [9.17, 15) is 4.79 Å². The van der Waals surface area contributed by atoms with Crippen LogP contribution >= 0.6 is 0 Å². The van der Waals surface area contributed by atoms with Gasteiger partial charge in [-0.3, -0.25) is 4.79 Å². The van der Waals surface area contributed by atoms with Gasteiger partial charge in [-0.1, -0.05) is 27.9 Å². The van der Waals surface area contributed by atoms with Crippen molar-refractivity contribution in [1.29, 1.82) is 0 Å². The number of rotatable bonds is 5. The number of nitrogens with zero attached hydrogens (tertiary/aromatic N) is 4. The molecule has 4 aromatic rings. The molecule has 0 saturated carbocycles. The molecule has 2 aromatic carbocycles. The van der Waals surface area contributed by atoms with E-state index in [-0.39, 0.29) is 39.0 Å². The highest BCUT2D eigenvalue weighted by molar-refractivity contribution is 6.62. The highest BCUT2D eigenvalue weighted by Gasteiger charge is 2.22. The Bertz CT molecular complexity index is 1450. The summed E-state index contributed by atoms with van der Waals surface area (Å²) in [4.78, 5) is 17.4. The van der Waals surface area contributed by atoms with Crippen molar-refractivity contribution in [2.24, 2.45) is 7.05 Å². The van der Waals surface area contributed by atoms with Crippen LogP contribution in [0.5, 0.6) is 5.75 Å². The molecule has 1 amide bonds. The summed E-state index contributed by atoms with van der Waals surface area (Å²) in [5.74, 6) is 0.0899. The summed E-state index contributed by atoms with van der Waals surface area (Å²) in [6.45, 7) is 1.91. The van der Waals surface area contributed by atoms with Gasteiger partial charge in [0.2, 0.25) is 0 Å². The molecule has 2 heterocycles. The molecule has 7 nitrogen and oxygen atoms in total. The van der Waals surface area contributed by atoms with Gasteiger partial charge in [-0.05, 0) is 30.4 Å². The third-order valence-electron chi connectivity index (χ3n) is 5.46. The van der Waals surface area contributed by atoms with Gasteiger partial charge >= 0.3 is 0 Å². The third-order valence-corrected chi connectivity index (χ3v) is 5.46. The number of anilines is 1. The monoisotopic (exact) mass is 443 g/mol. The maximum atomic E-state index is 13.1. The zero-order chi connectivity index (χ0) is 25.7. The van der Waals surface area contributed by atoms with Crippen molar-refractivity contribution in [1.82, 2.24) is 19.7 Å². The lowest BCUT2D eigenvalue weighted by atomic mass is 9.52. The maximum Gasteiger partial charge on any atom is 0.255 e. The average molecular weight is 442 g/mol. The minimum Gasteiger partial charge on any atom is -0.517 e. The summed E-state index contributed by atoms with van der Waals surface area (Å²) in [7, 11) is 42.3. The molecule has 0 aliphatic carbocycles. The number of ether oxygens (including phenoxy) is 1. The molecule has 0 bridgehead atoms. The molecule has 0 aliphatic heterocycles. The van der Waals surface area contributed by atoms with Crippen LogP contribution in [0.1, 0.15) is 16.2 Å². The number of carbonyl (C=O) groups excluding carboxylic acids is 1. The Hall–Kier alpha value is -3.29. The minimum absolute atomic E-state index is 0.155. The van der Waals surface area contributed by atoms with Crippen molar-refractivity contribution < 1.29 is 9.53 Å². The standard InChI is InChI=1S/C21H12B7N5O2/c1-8-29-7-12(33(8)2)9-3-4-11-10(5-9)6-13(32-31-11)30-20(34)14-15(22)17(24)19(18(25)16(14)23)35-21(26,27)28/h3-7H,1-2H3,(H,30,32,34). The van der Waals surface area contributed by atoms with Crippen molar-refractivity contribution in [3.8, 4) is 17.0 Å². The molecule has 0 aliphatic rings. The molecular formula is C21H12B7N5O2. The van der Waals surface area contributed by atoms with E-state index < -0.39 is 11.2 Å². The molecule has 0 spiro atoms. The van der Waals surface area contributed by atoms with E-state index in [0.717, 1.165) is 22.5 Å². The van der Waals surface area contributed by atoms with Gasteiger partial charge in [-0.2, -0.15) is 0 Å². The van der Waals surface area contributed by atoms with E-state index in [0.29, 0.717) is 5.52 Å². The molecule has 154 valence electrons. The molecular weight excluding hydrogens is 430 g/mol. The SMILES string of the molecule is [B]c1c([B])c(C(=O)Nc2cc3cc(-c4cnc(C)n4C)ccc3nn2)c([B])c([B])c1OC([B])([B])[B]. The topological polar surface area (TPSA) is 81.9 Å². The molecule has 0 fully saturated rings. The largest absolute Gasteiger partial charge is 0.517 e. The van der Waals surface area contributed by atoms with Crippen molar-refractivity contribution in [3.63, 3.8) is 0 Å². The number of carbonyl (C=O) groups is 1. The molecule has 1 N–H and O–H groups in total. The molecule has 14 heteroatoms. The van der Waals surface area contributed by atoms with Gasteiger partial charge < -0.3 is 14.6 Å². The van der Waals surface area contributed by atoms with E-state index in [1.807, 2.05) is 36.7 Å². The van der Waals surface area contributed by atoms with Crippen LogP contribution in [-0.2, 0) is 7.05 Å². The quantitative estimate of drug-likeness (QED) is 0.340. The Balaban J connectivity index is 1.69. The Morgan fingerprint density at radius 1 is 1.00 bits per heavy atom. The van der Waals surface area contributed by atoms with Crippen LogP contribution in [0.25, 0.3) is 22.2 Å². The predicted octanol–water partition coefficient (Wildman–Crippen LogP) is -2.74. The molecule has 14 radical (unpaired) electrons. The lowest BCUT2D eigenvalue weighted by molar-refractivity contribution is 0.102. The zero-order valence-corrected chi connectivity index (χ0v) is 19.0. The second-order valence-corrected chi connectivity index (χ2v) is 8.02. The summed E-state index contributed by atoms with van der Waals surface area (Å²) < 4.78 is 7.12. The fourth-order valence-electron chi connectivity index (χ4n) is 3.55. The van der Waals surface area contributed by atoms with Crippen molar-refractivity contribution in [2.75, 3.05) is 5.32 Å². The maximum absolute atomic E-state index is 13.1. The number of amides is 1. The Kier molecular flexibility index (Phi) is 6.43. The van der Waals surface area contributed by atoms with Gasteiger partial charge in [0.05, 0.1) is 17.4 Å². The van der Waals surface area contributed by atoms with Gasteiger partial charge in [0.25, 0.3) is 5.91 Å². The predicted molar refractivity (Wildman–Crippen MR) is 143 cm³/mol. The molecule has 0 unspecified atom stereocenters. The minimum atomic E-state index is -2.10. The number of benzene rings is 2. The average Bonchev–Trinajstić information content (AvgIpc) is 3.12. The Morgan fingerprint density at radius 2 is 1.66 bits per heavy atom. The number of fused-ring (bicyclic) bond motifs is 1. The highest BCUT2D eigenvalue weighted by atomic mass is 16.5. The van der Waals surface area contributed by atoms with Crippen LogP contribution in [0.15, 0.2) is 30.5 Å². The summed E-state index contributed by atoms with van der Waals surface area (Å²) >= 11 is 0. The van der Waals surface area contributed by atoms with Gasteiger partial charge in [0, 0.05) is 23.6 Å². The molecule has 0 saturated heterocycles. The van der Waals surface area contributed by atoms with E-state index in [2.05, 4.69) is 20.5 Å². The lowest BCUT2D eigenvalue weighted by Gasteiger charge is -2.29. The van der Waals surface area contributed by atoms with Crippen LogP contribution in [0.3, 0.4) is 0 Å². The van der Waals surface area contributed by atoms with E-state index >= 15 is 0 Å². The summed E-state index contributed by atoms with van der Waals surface area (Å²) in [5, 5.41) is 9.46. The number of hydrogen-bond acceptors (Lipinski definition) is 5. The van der Waals surface area contributed by atoms with Crippen molar-refractivity contribution in [3.05, 3.63) is 41.9 Å². The van der Waals surface area contributed by atoms with Gasteiger partial charge in [0.1, 0.15) is 66.5 Å². The zero-order valence-electron chi connectivity index (χ0n) is 19.0. The summed E-state index contributed by atoms with van der Waals surface area (Å²) in [5.41, 5.74) is 1.51. The summed E-state index contributed by atoms with van der Waals surface area (Å²) in [6, 6.07) is 7.32. The number of aromatic nitrogens is 4. The Morgan fingerprint density at radius 3 is 2.23 bits per heavy atom. The van der Waals surface area contributed by atoms with E-state index in [1.54, 1.807) is 12.3 Å². The van der Waals surface area contributed by atoms with Crippen LogP contribution in [-0.4, -0.2) is 85.9 Å². The van der Waals surface area contributed by atoms with Crippen LogP contribution in [0, 0.1) is 6.92 Å². The second kappa shape index (κ2) is 9.06. The molecule has 0 atom stereocenters. The number of imidazole rings is 1. The second-order valence-electron chi connectivity index (χ2n) is 8.02. The lowest BCUT2D eigenvalue weighted by Crippen LogP contribution is -2.51. The first-order chi connectivity index (χ1) is 16.4. The number of aryl methyl sites for hydroxylation is 1. The first-order valence-electron chi connectivity index (χ1n) is 10.3. The summed E-state index contributed by atoms with van der Waals surface area (Å²) in [6.07, 6.45) is 1.78. The van der Waals surface area contributed by atoms with Crippen LogP contribution in [0.4, 0.5) is 5.82 Å². The van der Waals surface area contributed by atoms with E-state index in [4.69, 9.17) is 59.7 Å². The number of nitrogens with one attached hydrogen (secondary N) is 1. The molecule has 4 rings (SSSR count). The molecule has 2 aromatic heterocycles. The fraction of sp³-hybridized carbons (Fsp3) is 0.143. The number of hydrogen-bond donors (Lipinski definition) is 1. The van der Waals surface area contributed by atoms with E-state index in [1.165, 1.54) is 0 Å². The fourth-order valence-corrected chi connectivity index (χ4v) is 3.55. The molecule has 35 heavy (non-hydrogen) atoms. The van der Waals surface area contributed by atoms with Crippen LogP contribution < -0.4 is 31.9 Å². The van der Waals surface area contributed by atoms with Crippen molar-refractivity contribution in [2.45, 2.75) is 12.2 Å². The van der Waals surface area contributed by atoms with Gasteiger partial charge in [-0.25, -0.2) is 4.98 Å². The van der Waals surface area contributed by atoms with Crippen LogP contribution in [0.2, 0.25) is 0 Å². The normalized spacial score (nSPS) is 11.5. The van der Waals surface area contributed by atoms with Crippen molar-refractivity contribution >= 4 is 99.4 Å². The highest BCUT2D eigenvalue weighted by Crippen LogP contribution is 2.25. The van der Waals surface area contributed by atoms with Gasteiger partial charge in [0.15, 0.2) is 5.82 Å². The first kappa shape index (κ1) is 24.8.